The summed E-state index contributed by atoms with van der Waals surface area (Å²) in [6.07, 6.45) is 0. The summed E-state index contributed by atoms with van der Waals surface area (Å²) in [6, 6.07) is 17.8. The lowest BCUT2D eigenvalue weighted by molar-refractivity contribution is 0.100. The normalized spacial score (nSPS) is 11.2. The Morgan fingerprint density at radius 1 is 0.857 bits per heavy atom. The minimum Gasteiger partial charge on any atom is -0.366 e. The topological polar surface area (TPSA) is 74.7 Å². The smallest absolute Gasteiger partial charge is 0.250 e. The molecule has 102 valence electrons. The summed E-state index contributed by atoms with van der Waals surface area (Å²) in [5, 5.41) is 2.13. The first-order valence-electron chi connectivity index (χ1n) is 6.72. The van der Waals surface area contributed by atoms with Crippen LogP contribution in [0.4, 0.5) is 0 Å². The Morgan fingerprint density at radius 2 is 1.57 bits per heavy atom. The Balaban J connectivity index is 1.94. The Kier molecular flexibility index (Phi) is 2.38. The highest BCUT2D eigenvalue weighted by Gasteiger charge is 2.11. The van der Waals surface area contributed by atoms with Crippen LogP contribution in [-0.2, 0) is 0 Å². The predicted molar refractivity (Wildman–Crippen MR) is 84.1 cm³/mol. The number of carbonyl (C=O) groups is 1. The average Bonchev–Trinajstić information content (AvgIpc) is 3.09. The molecule has 2 aromatic heterocycles. The Hall–Kier alpha value is -3.01. The monoisotopic (exact) mass is 275 g/mol. The van der Waals surface area contributed by atoms with Crippen LogP contribution in [0.2, 0.25) is 0 Å². The van der Waals surface area contributed by atoms with E-state index in [1.807, 2.05) is 36.4 Å². The molecule has 0 radical (unpaired) electrons. The van der Waals surface area contributed by atoms with Gasteiger partial charge in [0.15, 0.2) is 0 Å². The van der Waals surface area contributed by atoms with Crippen molar-refractivity contribution >= 4 is 27.7 Å². The Bertz CT molecular complexity index is 945. The number of aromatic nitrogens is 2. The van der Waals surface area contributed by atoms with E-state index in [0.717, 1.165) is 33.2 Å². The first-order chi connectivity index (χ1) is 10.2. The van der Waals surface area contributed by atoms with E-state index in [-0.39, 0.29) is 0 Å². The molecule has 4 rings (SSSR count). The van der Waals surface area contributed by atoms with E-state index in [9.17, 15) is 4.79 Å². The fraction of sp³-hybridized carbons (Fsp3) is 0. The van der Waals surface area contributed by atoms with E-state index in [4.69, 9.17) is 5.73 Å². The van der Waals surface area contributed by atoms with Crippen LogP contribution < -0.4 is 5.73 Å². The third-order valence-corrected chi connectivity index (χ3v) is 3.74. The second kappa shape index (κ2) is 4.24. The molecule has 0 saturated heterocycles. The van der Waals surface area contributed by atoms with Gasteiger partial charge in [-0.25, -0.2) is 0 Å². The molecular weight excluding hydrogens is 262 g/mol. The number of nitrogens with two attached hydrogens (primary N) is 1. The quantitative estimate of drug-likeness (QED) is 0.515. The van der Waals surface area contributed by atoms with Gasteiger partial charge in [-0.2, -0.15) is 0 Å². The van der Waals surface area contributed by atoms with Gasteiger partial charge in [-0.3, -0.25) is 4.79 Å². The second-order valence-corrected chi connectivity index (χ2v) is 5.09. The summed E-state index contributed by atoms with van der Waals surface area (Å²) >= 11 is 0. The molecular formula is C17H13N3O. The zero-order valence-corrected chi connectivity index (χ0v) is 11.2. The number of fused-ring (bicyclic) bond motifs is 2. The molecule has 0 unspecified atom stereocenters. The fourth-order valence-corrected chi connectivity index (χ4v) is 2.73. The Labute approximate surface area is 120 Å². The molecule has 4 N–H and O–H groups in total. The van der Waals surface area contributed by atoms with Crippen molar-refractivity contribution in [1.29, 1.82) is 0 Å². The van der Waals surface area contributed by atoms with Gasteiger partial charge in [0.05, 0.1) is 22.5 Å². The van der Waals surface area contributed by atoms with Crippen LogP contribution in [0.25, 0.3) is 33.2 Å². The lowest BCUT2D eigenvalue weighted by Gasteiger charge is -1.97. The van der Waals surface area contributed by atoms with E-state index in [2.05, 4.69) is 22.1 Å². The van der Waals surface area contributed by atoms with Gasteiger partial charge in [-0.15, -0.1) is 0 Å². The largest absolute Gasteiger partial charge is 0.366 e. The van der Waals surface area contributed by atoms with Crippen molar-refractivity contribution in [3.63, 3.8) is 0 Å². The maximum absolute atomic E-state index is 11.5. The van der Waals surface area contributed by atoms with Crippen LogP contribution in [0.5, 0.6) is 0 Å². The number of nitrogens with one attached hydrogen (secondary N) is 2. The zero-order chi connectivity index (χ0) is 14.4. The molecule has 0 aliphatic heterocycles. The van der Waals surface area contributed by atoms with Gasteiger partial charge in [0.2, 0.25) is 0 Å². The highest BCUT2D eigenvalue weighted by molar-refractivity contribution is 6.06. The highest BCUT2D eigenvalue weighted by atomic mass is 16.1. The van der Waals surface area contributed by atoms with Crippen molar-refractivity contribution in [2.75, 3.05) is 0 Å². The van der Waals surface area contributed by atoms with Crippen molar-refractivity contribution in [3.05, 3.63) is 60.2 Å². The fourth-order valence-electron chi connectivity index (χ4n) is 2.73. The number of hydrogen-bond acceptors (Lipinski definition) is 1. The zero-order valence-electron chi connectivity index (χ0n) is 11.2. The summed E-state index contributed by atoms with van der Waals surface area (Å²) in [4.78, 5) is 18.2. The molecule has 4 heteroatoms. The molecule has 4 aromatic rings. The maximum atomic E-state index is 11.5. The molecule has 1 amide bonds. The van der Waals surface area contributed by atoms with Crippen LogP contribution >= 0.6 is 0 Å². The van der Waals surface area contributed by atoms with E-state index in [1.54, 1.807) is 6.07 Å². The lowest BCUT2D eigenvalue weighted by Crippen LogP contribution is -2.11. The van der Waals surface area contributed by atoms with Crippen molar-refractivity contribution < 1.29 is 4.79 Å². The standard InChI is InChI=1S/C17H13N3O/c18-17(21)12-6-3-5-11-9-15(20-16(11)12)14-8-10-4-1-2-7-13(10)19-14/h1-9,19-20H,(H2,18,21). The third kappa shape index (κ3) is 1.80. The molecule has 0 saturated carbocycles. The van der Waals surface area contributed by atoms with Crippen LogP contribution in [-0.4, -0.2) is 15.9 Å². The molecule has 0 fully saturated rings. The first kappa shape index (κ1) is 11.8. The molecule has 0 atom stereocenters. The number of hydrogen-bond donors (Lipinski definition) is 3. The molecule has 0 aliphatic carbocycles. The lowest BCUT2D eigenvalue weighted by atomic mass is 10.1. The van der Waals surface area contributed by atoms with E-state index < -0.39 is 5.91 Å². The van der Waals surface area contributed by atoms with Crippen molar-refractivity contribution in [2.24, 2.45) is 5.73 Å². The summed E-state index contributed by atoms with van der Waals surface area (Å²) in [7, 11) is 0. The number of para-hydroxylation sites is 2. The molecule has 0 spiro atoms. The van der Waals surface area contributed by atoms with E-state index in [1.165, 1.54) is 0 Å². The van der Waals surface area contributed by atoms with Crippen molar-refractivity contribution in [1.82, 2.24) is 9.97 Å². The van der Waals surface area contributed by atoms with Gasteiger partial charge in [-0.05, 0) is 24.3 Å². The van der Waals surface area contributed by atoms with Crippen LogP contribution in [0, 0.1) is 0 Å². The van der Waals surface area contributed by atoms with Crippen LogP contribution in [0.1, 0.15) is 10.4 Å². The number of H-pyrrole nitrogens is 2. The predicted octanol–water partition coefficient (Wildman–Crippen LogP) is 3.42. The van der Waals surface area contributed by atoms with Crippen molar-refractivity contribution in [2.45, 2.75) is 0 Å². The molecule has 21 heavy (non-hydrogen) atoms. The Morgan fingerprint density at radius 3 is 2.38 bits per heavy atom. The summed E-state index contributed by atoms with van der Waals surface area (Å²) < 4.78 is 0. The SMILES string of the molecule is NC(=O)c1cccc2cc(-c3cc4ccccc4[nH]3)[nH]c12. The number of carbonyl (C=O) groups excluding carboxylic acids is 1. The highest BCUT2D eigenvalue weighted by Crippen LogP contribution is 2.28. The van der Waals surface area contributed by atoms with Crippen LogP contribution in [0.3, 0.4) is 0 Å². The van der Waals surface area contributed by atoms with E-state index >= 15 is 0 Å². The number of rotatable bonds is 2. The summed E-state index contributed by atoms with van der Waals surface area (Å²) in [5.74, 6) is -0.425. The second-order valence-electron chi connectivity index (χ2n) is 5.09. The number of primary amides is 1. The van der Waals surface area contributed by atoms with E-state index in [0.29, 0.717) is 5.56 Å². The minimum atomic E-state index is -0.425. The summed E-state index contributed by atoms with van der Waals surface area (Å²) in [6.45, 7) is 0. The molecule has 0 bridgehead atoms. The minimum absolute atomic E-state index is 0.425. The van der Waals surface area contributed by atoms with Gasteiger partial charge < -0.3 is 15.7 Å². The van der Waals surface area contributed by atoms with Gasteiger partial charge in [-0.1, -0.05) is 30.3 Å². The molecule has 4 nitrogen and oxygen atoms in total. The van der Waals surface area contributed by atoms with Gasteiger partial charge >= 0.3 is 0 Å². The molecule has 2 aromatic carbocycles. The molecule has 2 heterocycles. The van der Waals surface area contributed by atoms with Crippen molar-refractivity contribution in [3.8, 4) is 11.4 Å². The van der Waals surface area contributed by atoms with Crippen LogP contribution in [0.15, 0.2) is 54.6 Å². The summed E-state index contributed by atoms with van der Waals surface area (Å²) in [5.41, 5.74) is 9.72. The number of benzene rings is 2. The average molecular weight is 275 g/mol. The third-order valence-electron chi connectivity index (χ3n) is 3.74. The molecule has 0 aliphatic rings. The number of amides is 1. The van der Waals surface area contributed by atoms with Gasteiger partial charge in [0.1, 0.15) is 0 Å². The first-order valence-corrected chi connectivity index (χ1v) is 6.72. The number of aromatic amines is 2. The maximum Gasteiger partial charge on any atom is 0.250 e. The van der Waals surface area contributed by atoms with Gasteiger partial charge in [0, 0.05) is 16.3 Å². The van der Waals surface area contributed by atoms with Gasteiger partial charge in [0.25, 0.3) is 5.91 Å².